The minimum Gasteiger partial charge on any atom is -0.338 e. The molecule has 0 bridgehead atoms. The van der Waals surface area contributed by atoms with Gasteiger partial charge < -0.3 is 15.5 Å². The normalized spacial score (nSPS) is 23.0. The van der Waals surface area contributed by atoms with Gasteiger partial charge >= 0.3 is 0 Å². The summed E-state index contributed by atoms with van der Waals surface area (Å²) in [7, 11) is 0. The van der Waals surface area contributed by atoms with E-state index in [1.165, 1.54) is 5.56 Å². The first-order valence-corrected chi connectivity index (χ1v) is 10.9. The Balaban J connectivity index is 1.31. The first-order chi connectivity index (χ1) is 13.5. The monoisotopic (exact) mass is 441 g/mol. The molecule has 0 saturated carbocycles. The molecule has 3 atom stereocenters. The van der Waals surface area contributed by atoms with E-state index in [0.29, 0.717) is 11.8 Å². The summed E-state index contributed by atoms with van der Waals surface area (Å²) in [6.45, 7) is 6.92. The van der Waals surface area contributed by atoms with E-state index < -0.39 is 0 Å². The number of nitrogens with zero attached hydrogens (tertiary/aromatic N) is 2. The molecule has 2 fully saturated rings. The third kappa shape index (κ3) is 4.02. The van der Waals surface area contributed by atoms with E-state index in [9.17, 15) is 4.79 Å². The zero-order chi connectivity index (χ0) is 19.7. The standard InChI is InChI=1S/C23H28BrN3O/c1-16-6-5-9-20(24)22(16)23(28)27-14-18-12-26(13-19(18)15-27)11-10-21(25)17-7-3-2-4-8-17/h2-9,18-19,21H,10-15,25H2,1H3/t18?,19?,21-/m0/s1. The topological polar surface area (TPSA) is 49.6 Å². The van der Waals surface area contributed by atoms with Crippen LogP contribution in [0.3, 0.4) is 0 Å². The van der Waals surface area contributed by atoms with Crippen molar-refractivity contribution >= 4 is 21.8 Å². The molecular weight excluding hydrogens is 414 g/mol. The fourth-order valence-electron chi connectivity index (χ4n) is 4.69. The van der Waals surface area contributed by atoms with E-state index in [2.05, 4.69) is 37.9 Å². The molecule has 5 heteroatoms. The molecule has 2 aromatic carbocycles. The van der Waals surface area contributed by atoms with E-state index in [1.54, 1.807) is 0 Å². The van der Waals surface area contributed by atoms with Crippen molar-refractivity contribution in [2.24, 2.45) is 17.6 Å². The lowest BCUT2D eigenvalue weighted by molar-refractivity contribution is 0.0772. The molecule has 2 N–H and O–H groups in total. The lowest BCUT2D eigenvalue weighted by atomic mass is 10.0. The summed E-state index contributed by atoms with van der Waals surface area (Å²) in [5, 5.41) is 0. The number of likely N-dealkylation sites (tertiary alicyclic amines) is 2. The van der Waals surface area contributed by atoms with Crippen molar-refractivity contribution in [2.45, 2.75) is 19.4 Å². The number of carbonyl (C=O) groups excluding carboxylic acids is 1. The lowest BCUT2D eigenvalue weighted by Gasteiger charge is -2.23. The Morgan fingerprint density at radius 3 is 2.39 bits per heavy atom. The van der Waals surface area contributed by atoms with Gasteiger partial charge in [-0.15, -0.1) is 0 Å². The maximum absolute atomic E-state index is 13.0. The molecule has 2 heterocycles. The Kier molecular flexibility index (Phi) is 5.85. The summed E-state index contributed by atoms with van der Waals surface area (Å²) in [4.78, 5) is 17.6. The Hall–Kier alpha value is -1.69. The molecule has 2 unspecified atom stereocenters. The summed E-state index contributed by atoms with van der Waals surface area (Å²) in [6.07, 6.45) is 0.974. The summed E-state index contributed by atoms with van der Waals surface area (Å²) in [5.74, 6) is 1.33. The maximum atomic E-state index is 13.0. The van der Waals surface area contributed by atoms with Crippen LogP contribution in [0, 0.1) is 18.8 Å². The van der Waals surface area contributed by atoms with Crippen LogP contribution >= 0.6 is 15.9 Å². The van der Waals surface area contributed by atoms with Crippen LogP contribution in [0.4, 0.5) is 0 Å². The number of aryl methyl sites for hydroxylation is 1. The Bertz CT molecular complexity index is 807. The second-order valence-electron chi connectivity index (χ2n) is 8.23. The maximum Gasteiger partial charge on any atom is 0.255 e. The van der Waals surface area contributed by atoms with Crippen molar-refractivity contribution in [2.75, 3.05) is 32.7 Å². The molecule has 0 aromatic heterocycles. The third-order valence-corrected chi connectivity index (χ3v) is 6.93. The highest BCUT2D eigenvalue weighted by Crippen LogP contribution is 2.33. The predicted octanol–water partition coefficient (Wildman–Crippen LogP) is 3.85. The molecular formula is C23H28BrN3O. The number of hydrogen-bond donors (Lipinski definition) is 1. The molecule has 2 aliphatic heterocycles. The molecule has 2 aliphatic rings. The number of benzene rings is 2. The Labute approximate surface area is 175 Å². The zero-order valence-corrected chi connectivity index (χ0v) is 17.9. The van der Waals surface area contributed by atoms with Gasteiger partial charge in [-0.25, -0.2) is 0 Å². The van der Waals surface area contributed by atoms with Crippen LogP contribution in [0.2, 0.25) is 0 Å². The van der Waals surface area contributed by atoms with Gasteiger partial charge in [-0.1, -0.05) is 42.5 Å². The fourth-order valence-corrected chi connectivity index (χ4v) is 5.32. The number of carbonyl (C=O) groups is 1. The van der Waals surface area contributed by atoms with Crippen molar-refractivity contribution < 1.29 is 4.79 Å². The van der Waals surface area contributed by atoms with E-state index in [-0.39, 0.29) is 11.9 Å². The van der Waals surface area contributed by atoms with Gasteiger partial charge in [-0.3, -0.25) is 4.79 Å². The van der Waals surface area contributed by atoms with Crippen molar-refractivity contribution in [3.8, 4) is 0 Å². The molecule has 1 amide bonds. The number of fused-ring (bicyclic) bond motifs is 1. The van der Waals surface area contributed by atoms with Crippen molar-refractivity contribution in [1.82, 2.24) is 9.80 Å². The zero-order valence-electron chi connectivity index (χ0n) is 16.4. The number of hydrogen-bond acceptors (Lipinski definition) is 3. The molecule has 4 nitrogen and oxygen atoms in total. The lowest BCUT2D eigenvalue weighted by Crippen LogP contribution is -2.34. The highest BCUT2D eigenvalue weighted by Gasteiger charge is 2.41. The van der Waals surface area contributed by atoms with Gasteiger partial charge in [0.15, 0.2) is 0 Å². The average molecular weight is 442 g/mol. The fraction of sp³-hybridized carbons (Fsp3) is 0.435. The highest BCUT2D eigenvalue weighted by molar-refractivity contribution is 9.10. The van der Waals surface area contributed by atoms with Gasteiger partial charge in [0, 0.05) is 36.7 Å². The molecule has 2 aromatic rings. The van der Waals surface area contributed by atoms with Crippen LogP contribution in [-0.4, -0.2) is 48.4 Å². The van der Waals surface area contributed by atoms with Gasteiger partial charge in [0.05, 0.1) is 5.56 Å². The SMILES string of the molecule is Cc1cccc(Br)c1C(=O)N1CC2CN(CC[C@H](N)c3ccccc3)CC2C1. The largest absolute Gasteiger partial charge is 0.338 e. The first kappa shape index (κ1) is 19.6. The van der Waals surface area contributed by atoms with Crippen LogP contribution in [0.25, 0.3) is 0 Å². The number of halogens is 1. The molecule has 2 saturated heterocycles. The first-order valence-electron chi connectivity index (χ1n) is 10.1. The van der Waals surface area contributed by atoms with Crippen molar-refractivity contribution in [1.29, 1.82) is 0 Å². The van der Waals surface area contributed by atoms with Crippen LogP contribution in [0.15, 0.2) is 53.0 Å². The number of nitrogens with two attached hydrogens (primary N) is 1. The second-order valence-corrected chi connectivity index (χ2v) is 9.08. The Morgan fingerprint density at radius 2 is 1.75 bits per heavy atom. The van der Waals surface area contributed by atoms with Crippen LogP contribution in [0.1, 0.15) is 33.9 Å². The molecule has 148 valence electrons. The molecule has 0 radical (unpaired) electrons. The summed E-state index contributed by atoms with van der Waals surface area (Å²) >= 11 is 3.55. The summed E-state index contributed by atoms with van der Waals surface area (Å²) in [5.41, 5.74) is 9.42. The molecule has 28 heavy (non-hydrogen) atoms. The minimum atomic E-state index is 0.0955. The van der Waals surface area contributed by atoms with Crippen molar-refractivity contribution in [3.05, 3.63) is 69.7 Å². The highest BCUT2D eigenvalue weighted by atomic mass is 79.9. The second kappa shape index (κ2) is 8.36. The smallest absolute Gasteiger partial charge is 0.255 e. The minimum absolute atomic E-state index is 0.0955. The van der Waals surface area contributed by atoms with E-state index >= 15 is 0 Å². The number of amides is 1. The van der Waals surface area contributed by atoms with E-state index in [0.717, 1.165) is 54.7 Å². The van der Waals surface area contributed by atoms with Crippen LogP contribution in [0.5, 0.6) is 0 Å². The van der Waals surface area contributed by atoms with Gasteiger partial charge in [0.1, 0.15) is 0 Å². The Morgan fingerprint density at radius 1 is 1.07 bits per heavy atom. The van der Waals surface area contributed by atoms with Crippen molar-refractivity contribution in [3.63, 3.8) is 0 Å². The van der Waals surface area contributed by atoms with Gasteiger partial charge in [0.2, 0.25) is 0 Å². The number of rotatable bonds is 5. The quantitative estimate of drug-likeness (QED) is 0.766. The molecule has 0 spiro atoms. The summed E-state index contributed by atoms with van der Waals surface area (Å²) < 4.78 is 0.895. The van der Waals surface area contributed by atoms with E-state index in [1.807, 2.05) is 43.3 Å². The third-order valence-electron chi connectivity index (χ3n) is 6.27. The van der Waals surface area contributed by atoms with Gasteiger partial charge in [-0.2, -0.15) is 0 Å². The van der Waals surface area contributed by atoms with Gasteiger partial charge in [0.25, 0.3) is 5.91 Å². The predicted molar refractivity (Wildman–Crippen MR) is 116 cm³/mol. The molecule has 4 rings (SSSR count). The van der Waals surface area contributed by atoms with Crippen LogP contribution in [-0.2, 0) is 0 Å². The molecule has 0 aliphatic carbocycles. The van der Waals surface area contributed by atoms with Crippen LogP contribution < -0.4 is 5.73 Å². The summed E-state index contributed by atoms with van der Waals surface area (Å²) in [6, 6.07) is 16.4. The van der Waals surface area contributed by atoms with E-state index in [4.69, 9.17) is 5.73 Å². The average Bonchev–Trinajstić information content (AvgIpc) is 3.25. The van der Waals surface area contributed by atoms with Gasteiger partial charge in [-0.05, 0) is 64.8 Å².